The lowest BCUT2D eigenvalue weighted by Gasteiger charge is -2.01. The van der Waals surface area contributed by atoms with Crippen molar-refractivity contribution < 1.29 is 19.1 Å². The van der Waals surface area contributed by atoms with Crippen LogP contribution in [0.15, 0.2) is 17.5 Å². The normalized spacial score (nSPS) is 10.4. The van der Waals surface area contributed by atoms with E-state index in [2.05, 4.69) is 10.3 Å². The van der Waals surface area contributed by atoms with Crippen LogP contribution in [-0.2, 0) is 20.7 Å². The quantitative estimate of drug-likeness (QED) is 0.553. The minimum Gasteiger partial charge on any atom is -0.466 e. The maximum atomic E-state index is 11.9. The van der Waals surface area contributed by atoms with E-state index in [4.69, 9.17) is 16.3 Å². The van der Waals surface area contributed by atoms with Crippen LogP contribution in [-0.4, -0.2) is 29.3 Å². The molecule has 0 fully saturated rings. The Morgan fingerprint density at radius 2 is 2.08 bits per heavy atom. The molecule has 1 amide bonds. The Balaban J connectivity index is 1.79. The van der Waals surface area contributed by atoms with E-state index in [1.807, 2.05) is 0 Å². The van der Waals surface area contributed by atoms with Crippen LogP contribution in [0.3, 0.4) is 0 Å². The fourth-order valence-electron chi connectivity index (χ4n) is 1.80. The van der Waals surface area contributed by atoms with E-state index < -0.39 is 0 Å². The molecule has 0 bridgehead atoms. The maximum Gasteiger partial charge on any atom is 0.311 e. The van der Waals surface area contributed by atoms with Crippen LogP contribution in [0.25, 0.3) is 0 Å². The zero-order valence-corrected chi connectivity index (χ0v) is 15.2. The van der Waals surface area contributed by atoms with E-state index in [0.717, 1.165) is 0 Å². The largest absolute Gasteiger partial charge is 0.466 e. The van der Waals surface area contributed by atoms with Gasteiger partial charge in [0, 0.05) is 18.2 Å². The van der Waals surface area contributed by atoms with Crippen molar-refractivity contribution in [2.75, 3.05) is 11.9 Å². The number of hydrogen-bond acceptors (Lipinski definition) is 7. The Hall–Kier alpha value is -1.77. The van der Waals surface area contributed by atoms with Crippen molar-refractivity contribution in [3.05, 3.63) is 32.4 Å². The molecule has 2 aromatic heterocycles. The highest BCUT2D eigenvalue weighted by Gasteiger charge is 2.13. The van der Waals surface area contributed by atoms with Crippen molar-refractivity contribution in [3.63, 3.8) is 0 Å². The summed E-state index contributed by atoms with van der Waals surface area (Å²) >= 11 is 8.20. The summed E-state index contributed by atoms with van der Waals surface area (Å²) in [6.45, 7) is 2.05. The van der Waals surface area contributed by atoms with Gasteiger partial charge in [0.2, 0.25) is 5.91 Å². The van der Waals surface area contributed by atoms with Crippen LogP contribution in [0.4, 0.5) is 5.13 Å². The first-order valence-electron chi connectivity index (χ1n) is 7.16. The number of amides is 1. The van der Waals surface area contributed by atoms with Crippen LogP contribution < -0.4 is 5.32 Å². The molecule has 6 nitrogen and oxygen atoms in total. The molecule has 0 aromatic carbocycles. The van der Waals surface area contributed by atoms with Gasteiger partial charge < -0.3 is 10.1 Å². The summed E-state index contributed by atoms with van der Waals surface area (Å²) in [5.74, 6) is -0.784. The number of nitrogens with zero attached hydrogens (tertiary/aromatic N) is 1. The number of esters is 1. The van der Waals surface area contributed by atoms with Crippen molar-refractivity contribution in [1.82, 2.24) is 4.98 Å². The van der Waals surface area contributed by atoms with Gasteiger partial charge in [-0.2, -0.15) is 0 Å². The molecule has 0 aliphatic carbocycles. The number of ether oxygens (including phenoxy) is 1. The number of thiophene rings is 1. The van der Waals surface area contributed by atoms with E-state index in [1.165, 1.54) is 22.7 Å². The van der Waals surface area contributed by atoms with Gasteiger partial charge in [-0.1, -0.05) is 11.6 Å². The SMILES string of the molecule is CCOC(=O)Cc1csc(NC(=O)CCC(=O)c2ccc(Cl)s2)n1. The number of halogens is 1. The molecule has 24 heavy (non-hydrogen) atoms. The lowest BCUT2D eigenvalue weighted by molar-refractivity contribution is -0.142. The van der Waals surface area contributed by atoms with E-state index in [1.54, 1.807) is 24.4 Å². The van der Waals surface area contributed by atoms with E-state index >= 15 is 0 Å². The van der Waals surface area contributed by atoms with Gasteiger partial charge in [0.15, 0.2) is 10.9 Å². The average Bonchev–Trinajstić information content (AvgIpc) is 3.14. The number of anilines is 1. The molecule has 2 aromatic rings. The standard InChI is InChI=1S/C15H15ClN2O4S2/c1-2-22-14(21)7-9-8-23-15(17-9)18-13(20)6-3-10(19)11-4-5-12(16)24-11/h4-5,8H,2-3,6-7H2,1H3,(H,17,18,20). The molecule has 0 spiro atoms. The highest BCUT2D eigenvalue weighted by Crippen LogP contribution is 2.23. The molecular formula is C15H15ClN2O4S2. The highest BCUT2D eigenvalue weighted by molar-refractivity contribution is 7.18. The van der Waals surface area contributed by atoms with Crippen LogP contribution in [0, 0.1) is 0 Å². The van der Waals surface area contributed by atoms with Gasteiger partial charge in [-0.3, -0.25) is 14.4 Å². The molecule has 0 unspecified atom stereocenters. The molecule has 0 saturated heterocycles. The molecule has 0 aliphatic heterocycles. The average molecular weight is 387 g/mol. The molecule has 0 aliphatic rings. The van der Waals surface area contributed by atoms with E-state index in [9.17, 15) is 14.4 Å². The predicted octanol–water partition coefficient (Wildman–Crippen LogP) is 3.57. The third kappa shape index (κ3) is 5.70. The Kier molecular flexibility index (Phi) is 6.89. The summed E-state index contributed by atoms with van der Waals surface area (Å²) in [7, 11) is 0. The second-order valence-electron chi connectivity index (χ2n) is 4.70. The number of nitrogens with one attached hydrogen (secondary N) is 1. The number of carbonyl (C=O) groups is 3. The number of carbonyl (C=O) groups excluding carboxylic acids is 3. The first kappa shape index (κ1) is 18.6. The van der Waals surface area contributed by atoms with Gasteiger partial charge in [0.1, 0.15) is 0 Å². The number of aromatic nitrogens is 1. The summed E-state index contributed by atoms with van der Waals surface area (Å²) in [6, 6.07) is 3.30. The second-order valence-corrected chi connectivity index (χ2v) is 7.27. The Morgan fingerprint density at radius 3 is 2.75 bits per heavy atom. The first-order chi connectivity index (χ1) is 11.5. The van der Waals surface area contributed by atoms with Crippen molar-refractivity contribution in [2.24, 2.45) is 0 Å². The van der Waals surface area contributed by atoms with Crippen molar-refractivity contribution >= 4 is 57.1 Å². The fourth-order valence-corrected chi connectivity index (χ4v) is 3.54. The zero-order valence-electron chi connectivity index (χ0n) is 12.8. The number of rotatable bonds is 8. The minimum atomic E-state index is -0.360. The zero-order chi connectivity index (χ0) is 17.5. The number of hydrogen-bond donors (Lipinski definition) is 1. The van der Waals surface area contributed by atoms with Crippen LogP contribution >= 0.6 is 34.3 Å². The number of ketones is 1. The molecule has 2 heterocycles. The van der Waals surface area contributed by atoms with Gasteiger partial charge in [0.25, 0.3) is 0 Å². The van der Waals surface area contributed by atoms with Gasteiger partial charge in [-0.25, -0.2) is 4.98 Å². The molecule has 0 saturated carbocycles. The van der Waals surface area contributed by atoms with Crippen molar-refractivity contribution in [3.8, 4) is 0 Å². The molecule has 0 radical (unpaired) electrons. The molecule has 1 N–H and O–H groups in total. The van der Waals surface area contributed by atoms with E-state index in [0.29, 0.717) is 26.6 Å². The smallest absolute Gasteiger partial charge is 0.311 e. The lowest BCUT2D eigenvalue weighted by Crippen LogP contribution is -2.13. The topological polar surface area (TPSA) is 85.4 Å². The molecular weight excluding hydrogens is 372 g/mol. The number of thiazole rings is 1. The maximum absolute atomic E-state index is 11.9. The van der Waals surface area contributed by atoms with Gasteiger partial charge in [0.05, 0.1) is 27.9 Å². The summed E-state index contributed by atoms with van der Waals surface area (Å²) in [5.41, 5.74) is 0.540. The summed E-state index contributed by atoms with van der Waals surface area (Å²) in [5, 5.41) is 4.70. The third-order valence-corrected chi connectivity index (χ3v) is 4.93. The predicted molar refractivity (Wildman–Crippen MR) is 94.0 cm³/mol. The van der Waals surface area contributed by atoms with Crippen LogP contribution in [0.2, 0.25) is 4.34 Å². The highest BCUT2D eigenvalue weighted by atomic mass is 35.5. The van der Waals surface area contributed by atoms with Gasteiger partial charge in [-0.15, -0.1) is 22.7 Å². The van der Waals surface area contributed by atoms with Crippen LogP contribution in [0.5, 0.6) is 0 Å². The first-order valence-corrected chi connectivity index (χ1v) is 9.23. The fraction of sp³-hybridized carbons (Fsp3) is 0.333. The molecule has 0 atom stereocenters. The van der Waals surface area contributed by atoms with Gasteiger partial charge >= 0.3 is 5.97 Å². The summed E-state index contributed by atoms with van der Waals surface area (Å²) in [4.78, 5) is 39.8. The number of Topliss-reactive ketones (excluding diaryl/α,β-unsaturated/α-hetero) is 1. The molecule has 9 heteroatoms. The van der Waals surface area contributed by atoms with Crippen LogP contribution in [0.1, 0.15) is 35.1 Å². The van der Waals surface area contributed by atoms with Crippen molar-refractivity contribution in [1.29, 1.82) is 0 Å². The summed E-state index contributed by atoms with van der Waals surface area (Å²) < 4.78 is 5.38. The van der Waals surface area contributed by atoms with E-state index in [-0.39, 0.29) is 36.9 Å². The monoisotopic (exact) mass is 386 g/mol. The van der Waals surface area contributed by atoms with Crippen molar-refractivity contribution in [2.45, 2.75) is 26.2 Å². The van der Waals surface area contributed by atoms with Gasteiger partial charge in [-0.05, 0) is 19.1 Å². The Bertz CT molecular complexity index is 741. The molecule has 128 valence electrons. The Morgan fingerprint density at radius 1 is 1.29 bits per heavy atom. The summed E-state index contributed by atoms with van der Waals surface area (Å²) in [6.07, 6.45) is 0.225. The lowest BCUT2D eigenvalue weighted by atomic mass is 10.2. The third-order valence-electron chi connectivity index (χ3n) is 2.86. The Labute approximate surface area is 151 Å². The second kappa shape index (κ2) is 8.91. The molecule has 2 rings (SSSR count). The minimum absolute atomic E-state index is 0.0567.